The summed E-state index contributed by atoms with van der Waals surface area (Å²) in [4.78, 5) is 0. The lowest BCUT2D eigenvalue weighted by Crippen LogP contribution is -2.32. The van der Waals surface area contributed by atoms with E-state index in [0.717, 1.165) is 18.9 Å². The summed E-state index contributed by atoms with van der Waals surface area (Å²) < 4.78 is 2.11. The highest BCUT2D eigenvalue weighted by atomic mass is 15.3. The van der Waals surface area contributed by atoms with Crippen molar-refractivity contribution in [3.8, 4) is 0 Å². The van der Waals surface area contributed by atoms with Gasteiger partial charge in [0, 0.05) is 30.4 Å². The summed E-state index contributed by atoms with van der Waals surface area (Å²) in [6.45, 7) is 5.44. The van der Waals surface area contributed by atoms with Crippen LogP contribution in [0.5, 0.6) is 0 Å². The van der Waals surface area contributed by atoms with Crippen molar-refractivity contribution in [2.45, 2.75) is 51.6 Å². The first-order valence-electron chi connectivity index (χ1n) is 5.99. The molecule has 0 aliphatic heterocycles. The second-order valence-electron chi connectivity index (χ2n) is 4.73. The number of hydrogen-bond acceptors (Lipinski definition) is 2. The van der Waals surface area contributed by atoms with Gasteiger partial charge in [-0.25, -0.2) is 0 Å². The minimum atomic E-state index is 0.381. The fourth-order valence-corrected chi connectivity index (χ4v) is 2.69. The number of rotatable bonds is 2. The molecule has 1 fully saturated rings. The molecule has 1 saturated carbocycles. The van der Waals surface area contributed by atoms with Crippen LogP contribution in [0.4, 0.5) is 0 Å². The molecule has 84 valence electrons. The minimum absolute atomic E-state index is 0.381. The zero-order valence-corrected chi connectivity index (χ0v) is 9.69. The molecule has 2 rings (SSSR count). The van der Waals surface area contributed by atoms with Crippen molar-refractivity contribution in [1.29, 1.82) is 0 Å². The van der Waals surface area contributed by atoms with Crippen LogP contribution < -0.4 is 5.73 Å². The Balaban J connectivity index is 2.20. The molecule has 1 heterocycles. The molecule has 1 aliphatic rings. The van der Waals surface area contributed by atoms with E-state index in [9.17, 15) is 0 Å². The Morgan fingerprint density at radius 3 is 3.07 bits per heavy atom. The molecule has 0 aromatic carbocycles. The fourth-order valence-electron chi connectivity index (χ4n) is 2.69. The van der Waals surface area contributed by atoms with Gasteiger partial charge >= 0.3 is 0 Å². The number of nitrogens with two attached hydrogens (primary N) is 1. The van der Waals surface area contributed by atoms with Crippen LogP contribution in [0.3, 0.4) is 0 Å². The van der Waals surface area contributed by atoms with Crippen LogP contribution in [0, 0.1) is 5.92 Å². The zero-order chi connectivity index (χ0) is 10.8. The van der Waals surface area contributed by atoms with Gasteiger partial charge in [0.15, 0.2) is 0 Å². The Bertz CT molecular complexity index is 318. The summed E-state index contributed by atoms with van der Waals surface area (Å²) in [5.41, 5.74) is 7.43. The molecule has 15 heavy (non-hydrogen) atoms. The summed E-state index contributed by atoms with van der Waals surface area (Å²) in [5.74, 6) is 1.35. The largest absolute Gasteiger partial charge is 0.328 e. The molecular weight excluding hydrogens is 186 g/mol. The normalized spacial score (nSPS) is 31.8. The smallest absolute Gasteiger partial charge is 0.0492 e. The van der Waals surface area contributed by atoms with Gasteiger partial charge in [0.25, 0.3) is 0 Å². The average molecular weight is 207 g/mol. The van der Waals surface area contributed by atoms with Gasteiger partial charge in [0.1, 0.15) is 0 Å². The van der Waals surface area contributed by atoms with E-state index in [0.29, 0.717) is 12.0 Å². The van der Waals surface area contributed by atoms with Crippen molar-refractivity contribution in [2.24, 2.45) is 11.7 Å². The lowest BCUT2D eigenvalue weighted by molar-refractivity contribution is 0.287. The van der Waals surface area contributed by atoms with E-state index in [-0.39, 0.29) is 0 Å². The maximum Gasteiger partial charge on any atom is 0.0492 e. The van der Waals surface area contributed by atoms with E-state index < -0.39 is 0 Å². The Hall–Kier alpha value is -0.830. The third-order valence-corrected chi connectivity index (χ3v) is 3.67. The monoisotopic (exact) mass is 207 g/mol. The van der Waals surface area contributed by atoms with Gasteiger partial charge in [-0.15, -0.1) is 0 Å². The molecule has 0 spiro atoms. The van der Waals surface area contributed by atoms with E-state index in [1.54, 1.807) is 0 Å². The standard InChI is InChI=1S/C12H21N3/c1-3-15-12(6-7-14-15)11-8-10(13)5-4-9(11)2/h6-7,9-11H,3-5,8,13H2,1-2H3. The quantitative estimate of drug-likeness (QED) is 0.807. The van der Waals surface area contributed by atoms with Crippen LogP contribution >= 0.6 is 0 Å². The van der Waals surface area contributed by atoms with Crippen LogP contribution in [0.15, 0.2) is 12.3 Å². The topological polar surface area (TPSA) is 43.8 Å². The Labute approximate surface area is 91.7 Å². The van der Waals surface area contributed by atoms with Crippen molar-refractivity contribution in [2.75, 3.05) is 0 Å². The van der Waals surface area contributed by atoms with E-state index >= 15 is 0 Å². The first-order valence-corrected chi connectivity index (χ1v) is 5.99. The molecule has 3 nitrogen and oxygen atoms in total. The molecule has 3 heteroatoms. The number of nitrogens with zero attached hydrogens (tertiary/aromatic N) is 2. The van der Waals surface area contributed by atoms with Crippen LogP contribution in [0.1, 0.15) is 44.7 Å². The molecule has 2 N–H and O–H groups in total. The van der Waals surface area contributed by atoms with E-state index in [2.05, 4.69) is 29.7 Å². The van der Waals surface area contributed by atoms with Crippen LogP contribution in [0.2, 0.25) is 0 Å². The Morgan fingerprint density at radius 2 is 2.33 bits per heavy atom. The van der Waals surface area contributed by atoms with E-state index in [4.69, 9.17) is 5.73 Å². The van der Waals surface area contributed by atoms with Crippen molar-refractivity contribution in [3.63, 3.8) is 0 Å². The summed E-state index contributed by atoms with van der Waals surface area (Å²) in [6, 6.07) is 2.54. The molecule has 0 amide bonds. The molecular formula is C12H21N3. The maximum absolute atomic E-state index is 6.06. The molecule has 3 unspecified atom stereocenters. The molecule has 0 saturated heterocycles. The molecule has 3 atom stereocenters. The number of aryl methyl sites for hydroxylation is 1. The van der Waals surface area contributed by atoms with Crippen molar-refractivity contribution >= 4 is 0 Å². The lowest BCUT2D eigenvalue weighted by atomic mass is 9.76. The average Bonchev–Trinajstić information content (AvgIpc) is 2.69. The van der Waals surface area contributed by atoms with Crippen molar-refractivity contribution in [3.05, 3.63) is 18.0 Å². The molecule has 0 radical (unpaired) electrons. The van der Waals surface area contributed by atoms with Gasteiger partial charge in [-0.3, -0.25) is 4.68 Å². The Morgan fingerprint density at radius 1 is 1.53 bits per heavy atom. The second-order valence-corrected chi connectivity index (χ2v) is 4.73. The van der Waals surface area contributed by atoms with Gasteiger partial charge in [-0.1, -0.05) is 6.92 Å². The summed E-state index contributed by atoms with van der Waals surface area (Å²) in [7, 11) is 0. The van der Waals surface area contributed by atoms with Gasteiger partial charge < -0.3 is 5.73 Å². The predicted molar refractivity (Wildman–Crippen MR) is 61.6 cm³/mol. The number of hydrogen-bond donors (Lipinski definition) is 1. The number of aromatic nitrogens is 2. The maximum atomic E-state index is 6.06. The SMILES string of the molecule is CCn1nccc1C1CC(N)CCC1C. The first kappa shape index (κ1) is 10.7. The summed E-state index contributed by atoms with van der Waals surface area (Å²) in [5, 5.41) is 4.35. The minimum Gasteiger partial charge on any atom is -0.328 e. The highest BCUT2D eigenvalue weighted by Crippen LogP contribution is 2.36. The molecule has 1 aromatic heterocycles. The highest BCUT2D eigenvalue weighted by molar-refractivity contribution is 5.11. The molecule has 0 bridgehead atoms. The molecule has 1 aliphatic carbocycles. The zero-order valence-electron chi connectivity index (χ0n) is 9.69. The van der Waals surface area contributed by atoms with Gasteiger partial charge in [0.05, 0.1) is 0 Å². The fraction of sp³-hybridized carbons (Fsp3) is 0.750. The van der Waals surface area contributed by atoms with Crippen LogP contribution in [-0.4, -0.2) is 15.8 Å². The van der Waals surface area contributed by atoms with Gasteiger partial charge in [-0.2, -0.15) is 5.10 Å². The van der Waals surface area contributed by atoms with Gasteiger partial charge in [-0.05, 0) is 38.2 Å². The summed E-state index contributed by atoms with van der Waals surface area (Å²) >= 11 is 0. The van der Waals surface area contributed by atoms with Crippen LogP contribution in [0.25, 0.3) is 0 Å². The third kappa shape index (κ3) is 2.07. The lowest BCUT2D eigenvalue weighted by Gasteiger charge is -2.32. The van der Waals surface area contributed by atoms with Crippen molar-refractivity contribution < 1.29 is 0 Å². The molecule has 1 aromatic rings. The van der Waals surface area contributed by atoms with E-state index in [1.165, 1.54) is 18.5 Å². The van der Waals surface area contributed by atoms with Gasteiger partial charge in [0.2, 0.25) is 0 Å². The van der Waals surface area contributed by atoms with E-state index in [1.807, 2.05) is 6.20 Å². The van der Waals surface area contributed by atoms with Crippen LogP contribution in [-0.2, 0) is 6.54 Å². The second kappa shape index (κ2) is 4.35. The Kier molecular flexibility index (Phi) is 3.10. The van der Waals surface area contributed by atoms with Crippen molar-refractivity contribution in [1.82, 2.24) is 9.78 Å². The third-order valence-electron chi connectivity index (χ3n) is 3.67. The highest BCUT2D eigenvalue weighted by Gasteiger charge is 2.28. The predicted octanol–water partition coefficient (Wildman–Crippen LogP) is 2.13. The first-order chi connectivity index (χ1) is 7.22. The summed E-state index contributed by atoms with van der Waals surface area (Å²) in [6.07, 6.45) is 5.46.